The van der Waals surface area contributed by atoms with Gasteiger partial charge in [-0.05, 0) is 31.2 Å². The zero-order valence-electron chi connectivity index (χ0n) is 12.5. The van der Waals surface area contributed by atoms with Crippen molar-refractivity contribution in [2.75, 3.05) is 7.11 Å². The van der Waals surface area contributed by atoms with Crippen LogP contribution in [0.5, 0.6) is 5.75 Å². The fourth-order valence-electron chi connectivity index (χ4n) is 2.18. The van der Waals surface area contributed by atoms with Gasteiger partial charge in [0.05, 0.1) is 23.9 Å². The Balaban J connectivity index is 2.12. The van der Waals surface area contributed by atoms with Crippen LogP contribution in [0.3, 0.4) is 0 Å². The van der Waals surface area contributed by atoms with Crippen LogP contribution < -0.4 is 9.54 Å². The van der Waals surface area contributed by atoms with Gasteiger partial charge in [0.25, 0.3) is 5.91 Å². The van der Waals surface area contributed by atoms with Crippen LogP contribution in [0.4, 0.5) is 0 Å². The number of thiazole rings is 1. The first kappa shape index (κ1) is 14.5. The largest absolute Gasteiger partial charge is 0.497 e. The quantitative estimate of drug-likeness (QED) is 0.731. The average molecular weight is 313 g/mol. The topological polar surface area (TPSA) is 56.5 Å². The number of rotatable bonds is 2. The van der Waals surface area contributed by atoms with E-state index in [2.05, 4.69) is 9.98 Å². The molecule has 0 spiro atoms. The van der Waals surface area contributed by atoms with Crippen LogP contribution in [-0.2, 0) is 7.05 Å². The molecule has 2 heterocycles. The van der Waals surface area contributed by atoms with Crippen molar-refractivity contribution in [2.45, 2.75) is 6.92 Å². The highest BCUT2D eigenvalue weighted by Crippen LogP contribution is 2.22. The van der Waals surface area contributed by atoms with Crippen molar-refractivity contribution in [1.29, 1.82) is 0 Å². The van der Waals surface area contributed by atoms with Crippen LogP contribution in [0.15, 0.2) is 40.8 Å². The van der Waals surface area contributed by atoms with Crippen LogP contribution in [-0.4, -0.2) is 22.6 Å². The van der Waals surface area contributed by atoms with Crippen LogP contribution in [0.1, 0.15) is 16.1 Å². The van der Waals surface area contributed by atoms with Gasteiger partial charge in [0.15, 0.2) is 4.80 Å². The Hall–Kier alpha value is -2.47. The fourth-order valence-corrected chi connectivity index (χ4v) is 2.90. The van der Waals surface area contributed by atoms with E-state index in [1.54, 1.807) is 7.11 Å². The van der Waals surface area contributed by atoms with Gasteiger partial charge >= 0.3 is 0 Å². The minimum absolute atomic E-state index is 0.284. The molecule has 0 fully saturated rings. The second-order valence-corrected chi connectivity index (χ2v) is 5.77. The van der Waals surface area contributed by atoms with E-state index in [1.807, 2.05) is 54.4 Å². The Morgan fingerprint density at radius 2 is 2.18 bits per heavy atom. The van der Waals surface area contributed by atoms with Crippen LogP contribution in [0, 0.1) is 6.92 Å². The number of fused-ring (bicyclic) bond motifs is 1. The van der Waals surface area contributed by atoms with E-state index in [0.29, 0.717) is 16.1 Å². The fraction of sp³-hybridized carbons (Fsp3) is 0.188. The van der Waals surface area contributed by atoms with Gasteiger partial charge in [-0.15, -0.1) is 11.3 Å². The van der Waals surface area contributed by atoms with Crippen LogP contribution in [0.2, 0.25) is 0 Å². The third kappa shape index (κ3) is 2.65. The molecule has 2 aromatic heterocycles. The molecule has 112 valence electrons. The molecule has 0 aliphatic heterocycles. The minimum atomic E-state index is -0.284. The summed E-state index contributed by atoms with van der Waals surface area (Å²) in [5.41, 5.74) is 2.01. The van der Waals surface area contributed by atoms with Gasteiger partial charge in [-0.25, -0.2) is 0 Å². The number of aryl methyl sites for hydroxylation is 2. The number of carbonyl (C=O) groups is 1. The summed E-state index contributed by atoms with van der Waals surface area (Å²) in [6.45, 7) is 1.82. The molecule has 0 aliphatic rings. The second-order valence-electron chi connectivity index (χ2n) is 4.89. The highest BCUT2D eigenvalue weighted by Gasteiger charge is 2.11. The lowest BCUT2D eigenvalue weighted by molar-refractivity contribution is 0.0997. The summed E-state index contributed by atoms with van der Waals surface area (Å²) in [6, 6.07) is 7.42. The van der Waals surface area contributed by atoms with Crippen molar-refractivity contribution in [3.63, 3.8) is 0 Å². The number of aromatic nitrogens is 2. The summed E-state index contributed by atoms with van der Waals surface area (Å²) in [5, 5.41) is 2.75. The molecule has 0 bridgehead atoms. The van der Waals surface area contributed by atoms with Crippen molar-refractivity contribution in [2.24, 2.45) is 12.0 Å². The molecule has 6 heteroatoms. The Morgan fingerprint density at radius 3 is 2.86 bits per heavy atom. The maximum absolute atomic E-state index is 12.4. The number of hydrogen-bond donors (Lipinski definition) is 0. The van der Waals surface area contributed by atoms with E-state index in [0.717, 1.165) is 16.7 Å². The van der Waals surface area contributed by atoms with E-state index < -0.39 is 0 Å². The van der Waals surface area contributed by atoms with Crippen molar-refractivity contribution in [1.82, 2.24) is 9.55 Å². The average Bonchev–Trinajstić information content (AvgIpc) is 2.91. The van der Waals surface area contributed by atoms with Crippen LogP contribution in [0.25, 0.3) is 10.9 Å². The normalized spacial score (nSPS) is 11.9. The van der Waals surface area contributed by atoms with E-state index in [9.17, 15) is 4.79 Å². The maximum atomic E-state index is 12.4. The number of nitrogens with zero attached hydrogens (tertiary/aromatic N) is 3. The van der Waals surface area contributed by atoms with E-state index in [-0.39, 0.29) is 5.91 Å². The Labute approximate surface area is 131 Å². The van der Waals surface area contributed by atoms with Gasteiger partial charge < -0.3 is 9.30 Å². The minimum Gasteiger partial charge on any atom is -0.497 e. The van der Waals surface area contributed by atoms with E-state index >= 15 is 0 Å². The van der Waals surface area contributed by atoms with Gasteiger partial charge in [0, 0.05) is 24.0 Å². The number of ether oxygens (including phenoxy) is 1. The SMILES string of the molecule is COc1ccc2nc(C)c(C(=O)N=c3sccn3C)cc2c1. The van der Waals surface area contributed by atoms with Crippen molar-refractivity contribution in [3.8, 4) is 5.75 Å². The number of pyridine rings is 1. The molecule has 0 N–H and O–H groups in total. The highest BCUT2D eigenvalue weighted by atomic mass is 32.1. The first-order valence-corrected chi connectivity index (χ1v) is 7.61. The molecule has 5 nitrogen and oxygen atoms in total. The van der Waals surface area contributed by atoms with Crippen molar-refractivity contribution < 1.29 is 9.53 Å². The molecule has 0 atom stereocenters. The molecule has 0 aliphatic carbocycles. The third-order valence-electron chi connectivity index (χ3n) is 3.40. The molecule has 3 rings (SSSR count). The molecule has 1 amide bonds. The molecular weight excluding hydrogens is 298 g/mol. The summed E-state index contributed by atoms with van der Waals surface area (Å²) in [5.74, 6) is 0.450. The molecule has 0 saturated heterocycles. The third-order valence-corrected chi connectivity index (χ3v) is 4.25. The first-order valence-electron chi connectivity index (χ1n) is 6.73. The standard InChI is InChI=1S/C16H15N3O2S/c1-10-13(15(20)18-16-19(2)6-7-22-16)9-11-8-12(21-3)4-5-14(11)17-10/h4-9H,1-3H3. The lowest BCUT2D eigenvalue weighted by Crippen LogP contribution is -2.13. The molecular formula is C16H15N3O2S. The van der Waals surface area contributed by atoms with E-state index in [1.165, 1.54) is 11.3 Å². The van der Waals surface area contributed by atoms with Crippen LogP contribution >= 0.6 is 11.3 Å². The Kier molecular flexibility index (Phi) is 3.77. The molecule has 1 aromatic carbocycles. The van der Waals surface area contributed by atoms with Gasteiger partial charge in [0.1, 0.15) is 5.75 Å². The smallest absolute Gasteiger partial charge is 0.281 e. The molecule has 0 radical (unpaired) electrons. The maximum Gasteiger partial charge on any atom is 0.281 e. The molecule has 0 saturated carbocycles. The lowest BCUT2D eigenvalue weighted by atomic mass is 10.1. The summed E-state index contributed by atoms with van der Waals surface area (Å²) >= 11 is 1.42. The van der Waals surface area contributed by atoms with Gasteiger partial charge in [-0.1, -0.05) is 0 Å². The zero-order valence-corrected chi connectivity index (χ0v) is 13.3. The predicted molar refractivity (Wildman–Crippen MR) is 86.2 cm³/mol. The monoisotopic (exact) mass is 313 g/mol. The summed E-state index contributed by atoms with van der Waals surface area (Å²) in [7, 11) is 3.47. The molecule has 3 aromatic rings. The summed E-state index contributed by atoms with van der Waals surface area (Å²) < 4.78 is 7.03. The molecule has 22 heavy (non-hydrogen) atoms. The Bertz CT molecular complexity index is 925. The van der Waals surface area contributed by atoms with Gasteiger partial charge in [-0.2, -0.15) is 4.99 Å². The second kappa shape index (κ2) is 5.73. The molecule has 0 unspecified atom stereocenters. The zero-order chi connectivity index (χ0) is 15.7. The summed E-state index contributed by atoms with van der Waals surface area (Å²) in [6.07, 6.45) is 1.87. The first-order chi connectivity index (χ1) is 10.6. The summed E-state index contributed by atoms with van der Waals surface area (Å²) in [4.78, 5) is 21.8. The Morgan fingerprint density at radius 1 is 1.36 bits per heavy atom. The van der Waals surface area contributed by atoms with Crippen molar-refractivity contribution in [3.05, 3.63) is 51.9 Å². The number of amides is 1. The highest BCUT2D eigenvalue weighted by molar-refractivity contribution is 7.07. The number of methoxy groups -OCH3 is 1. The predicted octanol–water partition coefficient (Wildman–Crippen LogP) is 2.69. The van der Waals surface area contributed by atoms with Gasteiger partial charge in [0.2, 0.25) is 0 Å². The lowest BCUT2D eigenvalue weighted by Gasteiger charge is -2.06. The number of benzene rings is 1. The number of hydrogen-bond acceptors (Lipinski definition) is 4. The van der Waals surface area contributed by atoms with E-state index in [4.69, 9.17) is 4.74 Å². The van der Waals surface area contributed by atoms with Crippen molar-refractivity contribution >= 4 is 28.1 Å². The number of carbonyl (C=O) groups excluding carboxylic acids is 1. The van der Waals surface area contributed by atoms with Gasteiger partial charge in [-0.3, -0.25) is 9.78 Å².